The second kappa shape index (κ2) is 7.99. The number of urea groups is 1. The maximum Gasteiger partial charge on any atom is 0.326 e. The number of benzene rings is 2. The summed E-state index contributed by atoms with van der Waals surface area (Å²) in [4.78, 5) is 29.3. The van der Waals surface area contributed by atoms with Crippen LogP contribution in [0, 0.1) is 0 Å². The van der Waals surface area contributed by atoms with E-state index in [-0.39, 0.29) is 11.9 Å². The minimum Gasteiger partial charge on any atom is -0.493 e. The van der Waals surface area contributed by atoms with Crippen molar-refractivity contribution in [3.05, 3.63) is 59.2 Å². The van der Waals surface area contributed by atoms with Crippen molar-refractivity contribution < 1.29 is 19.1 Å². The smallest absolute Gasteiger partial charge is 0.326 e. The Morgan fingerprint density at radius 2 is 1.77 bits per heavy atom. The third-order valence-corrected chi connectivity index (χ3v) is 5.90. The van der Waals surface area contributed by atoms with Crippen LogP contribution < -0.4 is 14.8 Å². The molecule has 7 nitrogen and oxygen atoms in total. The fraction of sp³-hybridized carbons (Fsp3) is 0.391. The molecule has 1 atom stereocenters. The summed E-state index contributed by atoms with van der Waals surface area (Å²) in [6, 6.07) is 13.5. The third-order valence-electron chi connectivity index (χ3n) is 5.90. The minimum absolute atomic E-state index is 0.207. The lowest BCUT2D eigenvalue weighted by molar-refractivity contribution is -0.132. The van der Waals surface area contributed by atoms with E-state index < -0.39 is 5.54 Å². The molecule has 0 aliphatic carbocycles. The molecule has 2 aromatic carbocycles. The fourth-order valence-corrected chi connectivity index (χ4v) is 4.27. The van der Waals surface area contributed by atoms with Gasteiger partial charge in [0.2, 0.25) is 0 Å². The van der Waals surface area contributed by atoms with E-state index in [0.29, 0.717) is 24.6 Å². The van der Waals surface area contributed by atoms with Crippen LogP contribution in [-0.2, 0) is 24.2 Å². The summed E-state index contributed by atoms with van der Waals surface area (Å²) in [6.45, 7) is 3.62. The van der Waals surface area contributed by atoms with Crippen molar-refractivity contribution in [1.29, 1.82) is 0 Å². The van der Waals surface area contributed by atoms with Crippen molar-refractivity contribution in [2.24, 2.45) is 0 Å². The van der Waals surface area contributed by atoms with Crippen molar-refractivity contribution in [1.82, 2.24) is 15.1 Å². The predicted octanol–water partition coefficient (Wildman–Crippen LogP) is 2.57. The molecule has 2 aliphatic rings. The number of methoxy groups -OCH3 is 2. The van der Waals surface area contributed by atoms with Gasteiger partial charge in [-0.3, -0.25) is 9.69 Å². The molecule has 158 valence electrons. The highest BCUT2D eigenvalue weighted by atomic mass is 16.5. The number of hydrogen-bond donors (Lipinski definition) is 1. The molecular formula is C23H27N3O4. The molecule has 2 aliphatic heterocycles. The van der Waals surface area contributed by atoms with Crippen molar-refractivity contribution in [3.63, 3.8) is 0 Å². The second-order valence-electron chi connectivity index (χ2n) is 8.07. The zero-order valence-electron chi connectivity index (χ0n) is 17.6. The second-order valence-corrected chi connectivity index (χ2v) is 8.07. The molecule has 7 heteroatoms. The van der Waals surface area contributed by atoms with Gasteiger partial charge in [0.25, 0.3) is 5.91 Å². The van der Waals surface area contributed by atoms with Crippen LogP contribution in [0.1, 0.15) is 23.6 Å². The SMILES string of the molecule is COc1ccc(C[C@@]2(C)NC(=O)N(CN3CCc4ccccc4C3)C2=O)cc1OC. The van der Waals surface area contributed by atoms with Crippen LogP contribution in [0.25, 0.3) is 0 Å². The van der Waals surface area contributed by atoms with Gasteiger partial charge in [0.1, 0.15) is 5.54 Å². The number of rotatable bonds is 6. The summed E-state index contributed by atoms with van der Waals surface area (Å²) in [7, 11) is 3.15. The number of amides is 3. The van der Waals surface area contributed by atoms with Gasteiger partial charge in [-0.15, -0.1) is 0 Å². The highest BCUT2D eigenvalue weighted by molar-refractivity contribution is 6.06. The Morgan fingerprint density at radius 1 is 1.03 bits per heavy atom. The molecule has 0 radical (unpaired) electrons. The molecule has 2 heterocycles. The van der Waals surface area contributed by atoms with Gasteiger partial charge in [-0.25, -0.2) is 9.69 Å². The first kappa shape index (κ1) is 20.2. The monoisotopic (exact) mass is 409 g/mol. The Balaban J connectivity index is 1.47. The zero-order valence-corrected chi connectivity index (χ0v) is 17.6. The van der Waals surface area contributed by atoms with Crippen LogP contribution in [0.5, 0.6) is 11.5 Å². The molecule has 2 aromatic rings. The molecule has 30 heavy (non-hydrogen) atoms. The average Bonchev–Trinajstić information content (AvgIpc) is 2.96. The quantitative estimate of drug-likeness (QED) is 0.743. The lowest BCUT2D eigenvalue weighted by Gasteiger charge is -2.31. The van der Waals surface area contributed by atoms with E-state index in [9.17, 15) is 9.59 Å². The van der Waals surface area contributed by atoms with Gasteiger partial charge in [0.05, 0.1) is 20.9 Å². The molecule has 1 N–H and O–H groups in total. The summed E-state index contributed by atoms with van der Waals surface area (Å²) in [5.74, 6) is 1.01. The number of ether oxygens (including phenoxy) is 2. The minimum atomic E-state index is -0.996. The highest BCUT2D eigenvalue weighted by Crippen LogP contribution is 2.31. The lowest BCUT2D eigenvalue weighted by Crippen LogP contribution is -2.47. The average molecular weight is 409 g/mol. The number of hydrogen-bond acceptors (Lipinski definition) is 5. The van der Waals surface area contributed by atoms with Crippen LogP contribution in [0.3, 0.4) is 0 Å². The normalized spacial score (nSPS) is 21.4. The van der Waals surface area contributed by atoms with Crippen molar-refractivity contribution in [2.75, 3.05) is 27.4 Å². The largest absolute Gasteiger partial charge is 0.493 e. The fourth-order valence-electron chi connectivity index (χ4n) is 4.27. The van der Waals surface area contributed by atoms with Crippen LogP contribution in [0.4, 0.5) is 4.79 Å². The Kier molecular flexibility index (Phi) is 5.39. The molecule has 0 saturated carbocycles. The van der Waals surface area contributed by atoms with E-state index >= 15 is 0 Å². The molecule has 4 rings (SSSR count). The van der Waals surface area contributed by atoms with E-state index in [4.69, 9.17) is 9.47 Å². The third kappa shape index (κ3) is 3.73. The number of nitrogens with zero attached hydrogens (tertiary/aromatic N) is 2. The van der Waals surface area contributed by atoms with Gasteiger partial charge in [-0.05, 0) is 42.2 Å². The van der Waals surface area contributed by atoms with Crippen molar-refractivity contribution in [3.8, 4) is 11.5 Å². The highest BCUT2D eigenvalue weighted by Gasteiger charge is 2.48. The van der Waals surface area contributed by atoms with Crippen LogP contribution >= 0.6 is 0 Å². The molecule has 0 aromatic heterocycles. The summed E-state index contributed by atoms with van der Waals surface area (Å²) in [5.41, 5.74) is 2.48. The Labute approximate surface area is 176 Å². The number of nitrogens with one attached hydrogen (secondary N) is 1. The van der Waals surface area contributed by atoms with E-state index in [1.54, 1.807) is 21.1 Å². The number of carbonyl (C=O) groups excluding carboxylic acids is 2. The summed E-state index contributed by atoms with van der Waals surface area (Å²) in [6.07, 6.45) is 1.29. The molecule has 3 amide bonds. The first-order valence-corrected chi connectivity index (χ1v) is 10.1. The predicted molar refractivity (Wildman–Crippen MR) is 112 cm³/mol. The standard InChI is InChI=1S/C23H27N3O4/c1-23(13-16-8-9-19(29-2)20(12-16)30-3)21(27)26(22(28)24-23)15-25-11-10-17-6-4-5-7-18(17)14-25/h4-9,12H,10-11,13-15H2,1-3H3,(H,24,28)/t23-/m1/s1. The van der Waals surface area contributed by atoms with E-state index in [2.05, 4.69) is 22.3 Å². The van der Waals surface area contributed by atoms with Crippen LogP contribution in [-0.4, -0.2) is 54.7 Å². The molecule has 0 unspecified atom stereocenters. The Bertz CT molecular complexity index is 977. The first-order valence-electron chi connectivity index (χ1n) is 10.1. The van der Waals surface area contributed by atoms with Gasteiger partial charge >= 0.3 is 6.03 Å². The first-order chi connectivity index (χ1) is 14.4. The molecule has 1 fully saturated rings. The number of carbonyl (C=O) groups is 2. The summed E-state index contributed by atoms with van der Waals surface area (Å²) >= 11 is 0. The lowest BCUT2D eigenvalue weighted by atomic mass is 9.92. The molecule has 1 saturated heterocycles. The molecular weight excluding hydrogens is 382 g/mol. The van der Waals surface area contributed by atoms with Crippen molar-refractivity contribution >= 4 is 11.9 Å². The van der Waals surface area contributed by atoms with Gasteiger partial charge < -0.3 is 14.8 Å². The molecule has 0 spiro atoms. The summed E-state index contributed by atoms with van der Waals surface area (Å²) < 4.78 is 10.6. The van der Waals surface area contributed by atoms with E-state index in [1.165, 1.54) is 16.0 Å². The maximum atomic E-state index is 13.2. The Morgan fingerprint density at radius 3 is 2.50 bits per heavy atom. The number of fused-ring (bicyclic) bond motifs is 1. The Hall–Kier alpha value is -3.06. The molecule has 0 bridgehead atoms. The van der Waals surface area contributed by atoms with Gasteiger partial charge in [0.15, 0.2) is 11.5 Å². The van der Waals surface area contributed by atoms with Gasteiger partial charge in [-0.2, -0.15) is 0 Å². The zero-order chi connectivity index (χ0) is 21.3. The van der Waals surface area contributed by atoms with Crippen molar-refractivity contribution in [2.45, 2.75) is 31.8 Å². The summed E-state index contributed by atoms with van der Waals surface area (Å²) in [5, 5.41) is 2.89. The maximum absolute atomic E-state index is 13.2. The van der Waals surface area contributed by atoms with E-state index in [1.807, 2.05) is 30.3 Å². The van der Waals surface area contributed by atoms with E-state index in [0.717, 1.165) is 25.1 Å². The van der Waals surface area contributed by atoms with Gasteiger partial charge in [-0.1, -0.05) is 30.3 Å². The van der Waals surface area contributed by atoms with Crippen LogP contribution in [0.15, 0.2) is 42.5 Å². The van der Waals surface area contributed by atoms with Gasteiger partial charge in [0, 0.05) is 19.5 Å². The topological polar surface area (TPSA) is 71.1 Å². The van der Waals surface area contributed by atoms with Crippen LogP contribution in [0.2, 0.25) is 0 Å². The number of imide groups is 1.